The van der Waals surface area contributed by atoms with Gasteiger partial charge in [-0.25, -0.2) is 4.79 Å². The van der Waals surface area contributed by atoms with Gasteiger partial charge in [0.25, 0.3) is 0 Å². The Balaban J connectivity index is 1.56. The van der Waals surface area contributed by atoms with Gasteiger partial charge >= 0.3 is 6.03 Å². The largest absolute Gasteiger partial charge is 0.396 e. The fraction of sp³-hybridized carbons (Fsp3) is 0.632. The second kappa shape index (κ2) is 6.91. The molecule has 0 heterocycles. The third-order valence-corrected chi connectivity index (χ3v) is 5.59. The van der Waals surface area contributed by atoms with Gasteiger partial charge in [-0.2, -0.15) is 0 Å². The molecule has 0 unspecified atom stereocenters. The van der Waals surface area contributed by atoms with Crippen LogP contribution < -0.4 is 5.32 Å². The molecule has 2 aliphatic carbocycles. The van der Waals surface area contributed by atoms with Crippen molar-refractivity contribution in [3.05, 3.63) is 35.9 Å². The van der Waals surface area contributed by atoms with Crippen molar-refractivity contribution in [3.8, 4) is 0 Å². The molecule has 2 atom stereocenters. The molecule has 1 aromatic rings. The fourth-order valence-corrected chi connectivity index (χ4v) is 4.01. The average Bonchev–Trinajstić information content (AvgIpc) is 3.22. The Hall–Kier alpha value is -1.55. The van der Waals surface area contributed by atoms with Gasteiger partial charge in [0, 0.05) is 31.7 Å². The Morgan fingerprint density at radius 3 is 2.70 bits per heavy atom. The molecule has 0 bridgehead atoms. The van der Waals surface area contributed by atoms with Gasteiger partial charge in [0.1, 0.15) is 0 Å². The van der Waals surface area contributed by atoms with Crippen molar-refractivity contribution < 1.29 is 9.90 Å². The second-order valence-corrected chi connectivity index (χ2v) is 7.26. The molecule has 126 valence electrons. The molecule has 2 fully saturated rings. The van der Waals surface area contributed by atoms with Crippen LogP contribution in [0.5, 0.6) is 0 Å². The predicted octanol–water partition coefficient (Wildman–Crippen LogP) is 2.91. The van der Waals surface area contributed by atoms with Crippen molar-refractivity contribution in [2.24, 2.45) is 5.92 Å². The molecule has 0 radical (unpaired) electrons. The maximum atomic E-state index is 12.5. The highest BCUT2D eigenvalue weighted by Gasteiger charge is 2.45. The summed E-state index contributed by atoms with van der Waals surface area (Å²) < 4.78 is 0. The summed E-state index contributed by atoms with van der Waals surface area (Å²) in [6, 6.07) is 10.8. The highest BCUT2D eigenvalue weighted by atomic mass is 16.3. The Labute approximate surface area is 138 Å². The summed E-state index contributed by atoms with van der Waals surface area (Å²) in [6.07, 6.45) is 6.41. The van der Waals surface area contributed by atoms with Crippen molar-refractivity contribution in [3.63, 3.8) is 0 Å². The highest BCUT2D eigenvalue weighted by Crippen LogP contribution is 2.48. The van der Waals surface area contributed by atoms with Crippen molar-refractivity contribution in [2.45, 2.75) is 50.0 Å². The molecule has 2 saturated carbocycles. The van der Waals surface area contributed by atoms with E-state index in [1.54, 1.807) is 0 Å². The lowest BCUT2D eigenvalue weighted by Crippen LogP contribution is -2.46. The molecule has 0 saturated heterocycles. The summed E-state index contributed by atoms with van der Waals surface area (Å²) in [5.41, 5.74) is 1.51. The van der Waals surface area contributed by atoms with E-state index in [4.69, 9.17) is 5.11 Å². The van der Waals surface area contributed by atoms with Crippen LogP contribution in [0.1, 0.15) is 44.1 Å². The number of amides is 2. The van der Waals surface area contributed by atoms with Crippen LogP contribution in [0, 0.1) is 5.92 Å². The highest BCUT2D eigenvalue weighted by molar-refractivity contribution is 5.74. The van der Waals surface area contributed by atoms with Crippen LogP contribution in [0.2, 0.25) is 0 Å². The van der Waals surface area contributed by atoms with E-state index in [0.717, 1.165) is 45.1 Å². The number of hydrogen-bond donors (Lipinski definition) is 2. The van der Waals surface area contributed by atoms with Gasteiger partial charge in [0.05, 0.1) is 0 Å². The monoisotopic (exact) mass is 316 g/mol. The van der Waals surface area contributed by atoms with E-state index in [9.17, 15) is 4.79 Å². The van der Waals surface area contributed by atoms with Crippen LogP contribution in [0.25, 0.3) is 0 Å². The first kappa shape index (κ1) is 16.3. The normalized spacial score (nSPS) is 25.1. The summed E-state index contributed by atoms with van der Waals surface area (Å²) in [5, 5.41) is 12.3. The van der Waals surface area contributed by atoms with Gasteiger partial charge in [0.2, 0.25) is 0 Å². The van der Waals surface area contributed by atoms with E-state index in [-0.39, 0.29) is 24.1 Å². The standard InChI is InChI=1S/C19H28N2O2/c1-21(14-19(11-12-19)16-7-3-2-4-8-16)18(23)20-17-9-5-6-15(17)10-13-22/h2-4,7-8,15,17,22H,5-6,9-14H2,1H3,(H,20,23)/t15-,17-/m0/s1. The number of urea groups is 1. The molecule has 0 spiro atoms. The first-order valence-electron chi connectivity index (χ1n) is 8.83. The lowest BCUT2D eigenvalue weighted by molar-refractivity contribution is 0.191. The zero-order chi connectivity index (χ0) is 16.3. The Morgan fingerprint density at radius 1 is 1.30 bits per heavy atom. The van der Waals surface area contributed by atoms with E-state index in [1.165, 1.54) is 5.56 Å². The van der Waals surface area contributed by atoms with Gasteiger partial charge < -0.3 is 15.3 Å². The minimum absolute atomic E-state index is 0.0297. The number of nitrogens with one attached hydrogen (secondary N) is 1. The molecular weight excluding hydrogens is 288 g/mol. The van der Waals surface area contributed by atoms with Crippen LogP contribution in [-0.4, -0.2) is 42.3 Å². The summed E-state index contributed by atoms with van der Waals surface area (Å²) in [7, 11) is 1.90. The van der Waals surface area contributed by atoms with Gasteiger partial charge in [-0.1, -0.05) is 36.8 Å². The van der Waals surface area contributed by atoms with Crippen molar-refractivity contribution >= 4 is 6.03 Å². The average molecular weight is 316 g/mol. The van der Waals surface area contributed by atoms with Crippen LogP contribution in [0.4, 0.5) is 4.79 Å². The molecule has 4 heteroatoms. The molecule has 1 aromatic carbocycles. The molecule has 0 aromatic heterocycles. The summed E-state index contributed by atoms with van der Waals surface area (Å²) in [5.74, 6) is 0.432. The SMILES string of the molecule is CN(CC1(c2ccccc2)CC1)C(=O)N[C@H]1CCC[C@H]1CCO. The second-order valence-electron chi connectivity index (χ2n) is 7.26. The molecule has 23 heavy (non-hydrogen) atoms. The number of nitrogens with zero attached hydrogens (tertiary/aromatic N) is 1. The number of aliphatic hydroxyl groups is 1. The van der Waals surface area contributed by atoms with E-state index in [2.05, 4.69) is 29.6 Å². The smallest absolute Gasteiger partial charge is 0.317 e. The molecule has 2 N–H and O–H groups in total. The molecule has 0 aliphatic heterocycles. The molecule has 3 rings (SSSR count). The molecule has 4 nitrogen and oxygen atoms in total. The number of carbonyl (C=O) groups is 1. The predicted molar refractivity (Wildman–Crippen MR) is 91.3 cm³/mol. The van der Waals surface area contributed by atoms with Crippen LogP contribution >= 0.6 is 0 Å². The van der Waals surface area contributed by atoms with Gasteiger partial charge in [-0.15, -0.1) is 0 Å². The Kier molecular flexibility index (Phi) is 4.90. The first-order chi connectivity index (χ1) is 11.1. The van der Waals surface area contributed by atoms with Crippen molar-refractivity contribution in [1.29, 1.82) is 0 Å². The lowest BCUT2D eigenvalue weighted by atomic mass is 9.95. The van der Waals surface area contributed by atoms with E-state index in [1.807, 2.05) is 18.0 Å². The van der Waals surface area contributed by atoms with E-state index >= 15 is 0 Å². The van der Waals surface area contributed by atoms with Crippen LogP contribution in [0.3, 0.4) is 0 Å². The third kappa shape index (κ3) is 3.69. The van der Waals surface area contributed by atoms with Gasteiger partial charge in [0.15, 0.2) is 0 Å². The topological polar surface area (TPSA) is 52.6 Å². The number of carbonyl (C=O) groups excluding carboxylic acids is 1. The third-order valence-electron chi connectivity index (χ3n) is 5.59. The maximum absolute atomic E-state index is 12.5. The van der Waals surface area contributed by atoms with E-state index in [0.29, 0.717) is 5.92 Å². The Bertz CT molecular complexity index is 527. The van der Waals surface area contributed by atoms with E-state index < -0.39 is 0 Å². The minimum atomic E-state index is 0.0297. The fourth-order valence-electron chi connectivity index (χ4n) is 4.01. The summed E-state index contributed by atoms with van der Waals surface area (Å²) in [4.78, 5) is 14.4. The molecule has 2 aliphatic rings. The summed E-state index contributed by atoms with van der Waals surface area (Å²) in [6.45, 7) is 0.990. The zero-order valence-electron chi connectivity index (χ0n) is 14.0. The zero-order valence-corrected chi connectivity index (χ0v) is 14.0. The molecular formula is C19H28N2O2. The van der Waals surface area contributed by atoms with Gasteiger partial charge in [-0.3, -0.25) is 0 Å². The van der Waals surface area contributed by atoms with Crippen LogP contribution in [0.15, 0.2) is 30.3 Å². The number of hydrogen-bond acceptors (Lipinski definition) is 2. The number of benzene rings is 1. The lowest BCUT2D eigenvalue weighted by Gasteiger charge is -2.28. The van der Waals surface area contributed by atoms with Gasteiger partial charge in [-0.05, 0) is 43.6 Å². The first-order valence-corrected chi connectivity index (χ1v) is 8.83. The van der Waals surface area contributed by atoms with Crippen LogP contribution in [-0.2, 0) is 5.41 Å². The number of aliphatic hydroxyl groups excluding tert-OH is 1. The Morgan fingerprint density at radius 2 is 2.04 bits per heavy atom. The maximum Gasteiger partial charge on any atom is 0.317 e. The quantitative estimate of drug-likeness (QED) is 0.848. The van der Waals surface area contributed by atoms with Crippen molar-refractivity contribution in [2.75, 3.05) is 20.2 Å². The number of likely N-dealkylation sites (N-methyl/N-ethyl adjacent to an activating group) is 1. The molecule has 2 amide bonds. The number of rotatable bonds is 6. The minimum Gasteiger partial charge on any atom is -0.396 e. The van der Waals surface area contributed by atoms with Crippen molar-refractivity contribution in [1.82, 2.24) is 10.2 Å². The summed E-state index contributed by atoms with van der Waals surface area (Å²) >= 11 is 0.